The van der Waals surface area contributed by atoms with Gasteiger partial charge < -0.3 is 5.32 Å². The predicted molar refractivity (Wildman–Crippen MR) is 73.1 cm³/mol. The second-order valence-corrected chi connectivity index (χ2v) is 5.35. The lowest BCUT2D eigenvalue weighted by molar-refractivity contribution is -0.121. The molecule has 3 rings (SSSR count). The Kier molecular flexibility index (Phi) is 3.28. The minimum Gasteiger partial charge on any atom is -0.314 e. The molecule has 1 aromatic rings. The highest BCUT2D eigenvalue weighted by Gasteiger charge is 2.37. The molecule has 3 heterocycles. The van der Waals surface area contributed by atoms with Crippen LogP contribution in [0.25, 0.3) is 0 Å². The van der Waals surface area contributed by atoms with E-state index < -0.39 is 0 Å². The summed E-state index contributed by atoms with van der Waals surface area (Å²) < 4.78 is 1.80. The van der Waals surface area contributed by atoms with E-state index in [1.165, 1.54) is 0 Å². The van der Waals surface area contributed by atoms with Crippen LogP contribution in [0.2, 0.25) is 0 Å². The molecule has 2 fully saturated rings. The number of amides is 1. The first-order chi connectivity index (χ1) is 9.16. The third-order valence-electron chi connectivity index (χ3n) is 4.02. The lowest BCUT2D eigenvalue weighted by atomic mass is 10.2. The van der Waals surface area contributed by atoms with Gasteiger partial charge in [-0.3, -0.25) is 19.3 Å². The molecule has 1 unspecified atom stereocenters. The minimum atomic E-state index is 0.0531. The Morgan fingerprint density at radius 2 is 2.05 bits per heavy atom. The van der Waals surface area contributed by atoms with Gasteiger partial charge in [-0.05, 0) is 13.3 Å². The van der Waals surface area contributed by atoms with Gasteiger partial charge in [0, 0.05) is 45.8 Å². The Balaban J connectivity index is 1.76. The van der Waals surface area contributed by atoms with Crippen LogP contribution < -0.4 is 10.2 Å². The molecule has 6 heteroatoms. The van der Waals surface area contributed by atoms with Gasteiger partial charge in [0.25, 0.3) is 0 Å². The normalized spacial score (nSPS) is 25.3. The van der Waals surface area contributed by atoms with Crippen molar-refractivity contribution >= 4 is 11.7 Å². The third kappa shape index (κ3) is 2.26. The van der Waals surface area contributed by atoms with Crippen molar-refractivity contribution in [3.05, 3.63) is 11.8 Å². The maximum atomic E-state index is 12.6. The van der Waals surface area contributed by atoms with Gasteiger partial charge in [-0.25, -0.2) is 0 Å². The lowest BCUT2D eigenvalue weighted by Crippen LogP contribution is -2.51. The monoisotopic (exact) mass is 263 g/mol. The van der Waals surface area contributed by atoms with Gasteiger partial charge in [0.15, 0.2) is 0 Å². The average molecular weight is 263 g/mol. The average Bonchev–Trinajstić information content (AvgIpc) is 2.93. The first-order valence-corrected chi connectivity index (χ1v) is 6.93. The zero-order chi connectivity index (χ0) is 13.4. The number of rotatable bonds is 2. The Morgan fingerprint density at radius 3 is 2.68 bits per heavy atom. The quantitative estimate of drug-likeness (QED) is 0.799. The second-order valence-electron chi connectivity index (χ2n) is 5.35. The molecule has 0 spiro atoms. The molecule has 0 saturated carbocycles. The van der Waals surface area contributed by atoms with Gasteiger partial charge in [-0.2, -0.15) is 5.10 Å². The Hall–Kier alpha value is -1.40. The van der Waals surface area contributed by atoms with Gasteiger partial charge in [0.2, 0.25) is 5.91 Å². The molecule has 2 aliphatic rings. The fourth-order valence-electron chi connectivity index (χ4n) is 3.07. The Labute approximate surface area is 113 Å². The third-order valence-corrected chi connectivity index (χ3v) is 4.02. The van der Waals surface area contributed by atoms with E-state index in [9.17, 15) is 4.79 Å². The molecule has 2 saturated heterocycles. The summed E-state index contributed by atoms with van der Waals surface area (Å²) in [5, 5.41) is 7.65. The zero-order valence-electron chi connectivity index (χ0n) is 11.6. The fourth-order valence-corrected chi connectivity index (χ4v) is 3.07. The molecular weight excluding hydrogens is 242 g/mol. The van der Waals surface area contributed by atoms with Crippen molar-refractivity contribution in [2.75, 3.05) is 37.6 Å². The van der Waals surface area contributed by atoms with Crippen molar-refractivity contribution in [1.82, 2.24) is 20.0 Å². The molecule has 0 bridgehead atoms. The van der Waals surface area contributed by atoms with Crippen LogP contribution in [0.3, 0.4) is 0 Å². The maximum absolute atomic E-state index is 12.6. The number of anilines is 1. The summed E-state index contributed by atoms with van der Waals surface area (Å²) in [5.74, 6) is 1.14. The van der Waals surface area contributed by atoms with Crippen LogP contribution in [0.5, 0.6) is 0 Å². The molecule has 19 heavy (non-hydrogen) atoms. The molecular formula is C13H21N5O. The molecule has 0 aromatic carbocycles. The van der Waals surface area contributed by atoms with Gasteiger partial charge in [0.1, 0.15) is 5.82 Å². The highest BCUT2D eigenvalue weighted by Crippen LogP contribution is 2.24. The second kappa shape index (κ2) is 4.94. The molecule has 1 atom stereocenters. The van der Waals surface area contributed by atoms with Crippen LogP contribution in [0.1, 0.15) is 12.1 Å². The first kappa shape index (κ1) is 12.6. The summed E-state index contributed by atoms with van der Waals surface area (Å²) in [6.45, 7) is 6.65. The van der Waals surface area contributed by atoms with E-state index in [0.29, 0.717) is 0 Å². The summed E-state index contributed by atoms with van der Waals surface area (Å²) in [7, 11) is 1.90. The number of aromatic nitrogens is 2. The number of piperazine rings is 1. The smallest absolute Gasteiger partial charge is 0.245 e. The van der Waals surface area contributed by atoms with Crippen molar-refractivity contribution < 1.29 is 4.79 Å². The number of nitrogens with one attached hydrogen (secondary N) is 1. The molecule has 2 aliphatic heterocycles. The Morgan fingerprint density at radius 1 is 1.32 bits per heavy atom. The maximum Gasteiger partial charge on any atom is 0.245 e. The van der Waals surface area contributed by atoms with Crippen LogP contribution >= 0.6 is 0 Å². The first-order valence-electron chi connectivity index (χ1n) is 6.93. The van der Waals surface area contributed by atoms with Crippen molar-refractivity contribution in [2.45, 2.75) is 19.4 Å². The number of hydrogen-bond donors (Lipinski definition) is 1. The summed E-state index contributed by atoms with van der Waals surface area (Å²) in [6.07, 6.45) is 0.920. The molecule has 1 N–H and O–H groups in total. The number of aryl methyl sites for hydroxylation is 2. The fraction of sp³-hybridized carbons (Fsp3) is 0.692. The summed E-state index contributed by atoms with van der Waals surface area (Å²) in [4.78, 5) is 16.8. The highest BCUT2D eigenvalue weighted by molar-refractivity contribution is 5.98. The van der Waals surface area contributed by atoms with Gasteiger partial charge in [-0.15, -0.1) is 0 Å². The number of nitrogens with zero attached hydrogens (tertiary/aromatic N) is 4. The van der Waals surface area contributed by atoms with E-state index in [1.54, 1.807) is 4.68 Å². The lowest BCUT2D eigenvalue weighted by Gasteiger charge is -2.31. The van der Waals surface area contributed by atoms with E-state index in [2.05, 4.69) is 15.3 Å². The van der Waals surface area contributed by atoms with Crippen molar-refractivity contribution in [3.8, 4) is 0 Å². The molecule has 0 radical (unpaired) electrons. The van der Waals surface area contributed by atoms with Crippen molar-refractivity contribution in [1.29, 1.82) is 0 Å². The van der Waals surface area contributed by atoms with Crippen molar-refractivity contribution in [2.24, 2.45) is 7.05 Å². The number of hydrogen-bond acceptors (Lipinski definition) is 4. The molecule has 1 amide bonds. The van der Waals surface area contributed by atoms with Crippen LogP contribution in [0.4, 0.5) is 5.82 Å². The largest absolute Gasteiger partial charge is 0.314 e. The highest BCUT2D eigenvalue weighted by atomic mass is 16.2. The van der Waals surface area contributed by atoms with Crippen LogP contribution in [0.15, 0.2) is 6.07 Å². The van der Waals surface area contributed by atoms with Crippen molar-refractivity contribution in [3.63, 3.8) is 0 Å². The van der Waals surface area contributed by atoms with E-state index >= 15 is 0 Å². The zero-order valence-corrected chi connectivity index (χ0v) is 11.6. The SMILES string of the molecule is Cc1cc(N2CCC(N3CCNCC3)C2=O)n(C)n1. The number of carbonyl (C=O) groups is 1. The molecule has 1 aromatic heterocycles. The minimum absolute atomic E-state index is 0.0531. The number of carbonyl (C=O) groups excluding carboxylic acids is 1. The molecule has 0 aliphatic carbocycles. The van der Waals surface area contributed by atoms with E-state index in [4.69, 9.17) is 0 Å². The molecule has 104 valence electrons. The topological polar surface area (TPSA) is 53.4 Å². The van der Waals surface area contributed by atoms with E-state index in [-0.39, 0.29) is 11.9 Å². The van der Waals surface area contributed by atoms with Crippen LogP contribution in [-0.2, 0) is 11.8 Å². The van der Waals surface area contributed by atoms with Crippen LogP contribution in [-0.4, -0.2) is 59.4 Å². The van der Waals surface area contributed by atoms with Gasteiger partial charge in [0.05, 0.1) is 11.7 Å². The Bertz CT molecular complexity index is 477. The summed E-state index contributed by atoms with van der Waals surface area (Å²) in [6, 6.07) is 2.04. The van der Waals surface area contributed by atoms with E-state index in [0.717, 1.165) is 50.7 Å². The standard InChI is InChI=1S/C13H21N5O/c1-10-9-12(16(2)15-10)18-6-3-11(13(18)19)17-7-4-14-5-8-17/h9,11,14H,3-8H2,1-2H3. The summed E-state index contributed by atoms with van der Waals surface area (Å²) >= 11 is 0. The van der Waals surface area contributed by atoms with Gasteiger partial charge >= 0.3 is 0 Å². The predicted octanol–water partition coefficient (Wildman–Crippen LogP) is -0.261. The van der Waals surface area contributed by atoms with E-state index in [1.807, 2.05) is 24.9 Å². The summed E-state index contributed by atoms with van der Waals surface area (Å²) in [5.41, 5.74) is 0.955. The van der Waals surface area contributed by atoms with Crippen LogP contribution in [0, 0.1) is 6.92 Å². The van der Waals surface area contributed by atoms with Gasteiger partial charge in [-0.1, -0.05) is 0 Å². The molecule has 6 nitrogen and oxygen atoms in total.